The summed E-state index contributed by atoms with van der Waals surface area (Å²) in [7, 11) is 0. The molecule has 0 unspecified atom stereocenters. The minimum atomic E-state index is -0.0772. The van der Waals surface area contributed by atoms with E-state index in [1.165, 1.54) is 30.4 Å². The molecule has 3 aromatic rings. The van der Waals surface area contributed by atoms with Gasteiger partial charge in [-0.2, -0.15) is 0 Å². The first-order chi connectivity index (χ1) is 16.2. The number of likely N-dealkylation sites (tertiary alicyclic amines) is 1. The number of rotatable bonds is 8. The Balaban J connectivity index is 0.00000324. The average molecular weight is 478 g/mol. The topological polar surface area (TPSA) is 35.6 Å². The van der Waals surface area contributed by atoms with Crippen LogP contribution in [0.2, 0.25) is 0 Å². The van der Waals surface area contributed by atoms with Gasteiger partial charge >= 0.3 is 6.03 Å². The van der Waals surface area contributed by atoms with Gasteiger partial charge in [-0.05, 0) is 88.0 Å². The van der Waals surface area contributed by atoms with Gasteiger partial charge in [-0.3, -0.25) is 4.90 Å². The summed E-state index contributed by atoms with van der Waals surface area (Å²) in [5.74, 6) is 0.782. The first kappa shape index (κ1) is 25.8. The molecule has 1 N–H and O–H groups in total. The van der Waals surface area contributed by atoms with E-state index in [1.807, 2.05) is 66.4 Å². The van der Waals surface area contributed by atoms with Crippen LogP contribution in [0.5, 0.6) is 0 Å². The molecule has 1 fully saturated rings. The highest BCUT2D eigenvalue weighted by atomic mass is 35.5. The Morgan fingerprint density at radius 3 is 2.18 bits per heavy atom. The van der Waals surface area contributed by atoms with Gasteiger partial charge in [0.05, 0.1) is 0 Å². The lowest BCUT2D eigenvalue weighted by molar-refractivity contribution is 0.183. The molecule has 180 valence electrons. The Hall–Kier alpha value is -2.82. The second-order valence-corrected chi connectivity index (χ2v) is 9.11. The van der Waals surface area contributed by atoms with E-state index in [0.717, 1.165) is 43.3 Å². The van der Waals surface area contributed by atoms with Crippen molar-refractivity contribution in [3.8, 4) is 0 Å². The number of aryl methyl sites for hydroxylation is 1. The summed E-state index contributed by atoms with van der Waals surface area (Å²) < 4.78 is 0. The zero-order chi connectivity index (χ0) is 22.9. The number of hydrogen-bond acceptors (Lipinski definition) is 2. The molecule has 1 aliphatic heterocycles. The second-order valence-electron chi connectivity index (χ2n) is 9.11. The van der Waals surface area contributed by atoms with Crippen molar-refractivity contribution in [3.63, 3.8) is 0 Å². The summed E-state index contributed by atoms with van der Waals surface area (Å²) in [5, 5.41) is 3.06. The van der Waals surface area contributed by atoms with Gasteiger partial charge in [-0.15, -0.1) is 12.4 Å². The number of carbonyl (C=O) groups is 1. The van der Waals surface area contributed by atoms with Gasteiger partial charge in [0, 0.05) is 17.9 Å². The van der Waals surface area contributed by atoms with Crippen LogP contribution in [0.3, 0.4) is 0 Å². The van der Waals surface area contributed by atoms with Gasteiger partial charge in [0.2, 0.25) is 0 Å². The van der Waals surface area contributed by atoms with E-state index in [2.05, 4.69) is 40.5 Å². The van der Waals surface area contributed by atoms with Crippen LogP contribution in [0.15, 0.2) is 84.9 Å². The van der Waals surface area contributed by atoms with Crippen molar-refractivity contribution in [2.45, 2.75) is 32.6 Å². The van der Waals surface area contributed by atoms with E-state index in [9.17, 15) is 4.79 Å². The second kappa shape index (κ2) is 13.2. The van der Waals surface area contributed by atoms with Crippen LogP contribution in [0, 0.1) is 12.8 Å². The highest BCUT2D eigenvalue weighted by Gasteiger charge is 2.20. The summed E-state index contributed by atoms with van der Waals surface area (Å²) >= 11 is 0. The molecule has 0 spiro atoms. The highest BCUT2D eigenvalue weighted by molar-refractivity contribution is 6.01. The number of halogens is 1. The largest absolute Gasteiger partial charge is 0.326 e. The molecule has 1 aliphatic rings. The maximum Gasteiger partial charge on any atom is 0.326 e. The number of amides is 2. The Labute approximate surface area is 210 Å². The van der Waals surface area contributed by atoms with Crippen molar-refractivity contribution in [1.29, 1.82) is 0 Å². The van der Waals surface area contributed by atoms with Crippen LogP contribution in [-0.2, 0) is 6.42 Å². The molecule has 2 amide bonds. The predicted octanol–water partition coefficient (Wildman–Crippen LogP) is 6.80. The molecular formula is C29H36ClN3O. The molecule has 4 nitrogen and oxygen atoms in total. The van der Waals surface area contributed by atoms with Gasteiger partial charge in [0.1, 0.15) is 0 Å². The molecule has 0 radical (unpaired) electrons. The van der Waals surface area contributed by atoms with Gasteiger partial charge in [-0.25, -0.2) is 4.79 Å². The fourth-order valence-corrected chi connectivity index (χ4v) is 4.60. The zero-order valence-electron chi connectivity index (χ0n) is 20.0. The van der Waals surface area contributed by atoms with Crippen LogP contribution in [-0.4, -0.2) is 37.1 Å². The Morgan fingerprint density at radius 2 is 1.53 bits per heavy atom. The smallest absolute Gasteiger partial charge is 0.308 e. The number of urea groups is 1. The third kappa shape index (κ3) is 7.61. The van der Waals surface area contributed by atoms with E-state index in [4.69, 9.17) is 0 Å². The monoisotopic (exact) mass is 477 g/mol. The number of piperidine rings is 1. The fourth-order valence-electron chi connectivity index (χ4n) is 4.60. The number of carbonyl (C=O) groups excluding carboxylic acids is 1. The first-order valence-corrected chi connectivity index (χ1v) is 12.1. The van der Waals surface area contributed by atoms with E-state index in [-0.39, 0.29) is 18.4 Å². The molecule has 0 aromatic heterocycles. The third-order valence-electron chi connectivity index (χ3n) is 6.55. The number of anilines is 2. The standard InChI is InChI=1S/C29H35N3O.ClH/c1-24-13-15-27(16-14-24)30-29(33)32(28-11-6-3-7-12-28)20-8-19-31-21-17-26(18-22-31)23-25-9-4-2-5-10-25;/h2-7,9-16,26H,8,17-23H2,1H3,(H,30,33);1H. The highest BCUT2D eigenvalue weighted by Crippen LogP contribution is 2.22. The molecule has 0 saturated carbocycles. The first-order valence-electron chi connectivity index (χ1n) is 12.1. The van der Waals surface area contributed by atoms with Crippen LogP contribution in [0.25, 0.3) is 0 Å². The Bertz CT molecular complexity index is 987. The lowest BCUT2D eigenvalue weighted by Gasteiger charge is -2.32. The molecule has 3 aromatic carbocycles. The Kier molecular flexibility index (Phi) is 9.99. The van der Waals surface area contributed by atoms with Crippen LogP contribution in [0.4, 0.5) is 16.2 Å². The maximum atomic E-state index is 13.1. The summed E-state index contributed by atoms with van der Waals surface area (Å²) in [6.07, 6.45) is 4.66. The van der Waals surface area contributed by atoms with Crippen molar-refractivity contribution >= 4 is 29.8 Å². The molecule has 0 aliphatic carbocycles. The number of hydrogen-bond donors (Lipinski definition) is 1. The van der Waals surface area contributed by atoms with Gasteiger partial charge in [-0.1, -0.05) is 66.2 Å². The van der Waals surface area contributed by atoms with Crippen molar-refractivity contribution in [1.82, 2.24) is 4.90 Å². The van der Waals surface area contributed by atoms with Crippen LogP contribution < -0.4 is 10.2 Å². The minimum absolute atomic E-state index is 0. The Morgan fingerprint density at radius 1 is 0.912 bits per heavy atom. The minimum Gasteiger partial charge on any atom is -0.308 e. The van der Waals surface area contributed by atoms with Gasteiger partial charge < -0.3 is 10.2 Å². The van der Waals surface area contributed by atoms with Gasteiger partial charge in [0.15, 0.2) is 0 Å². The molecule has 0 atom stereocenters. The summed E-state index contributed by atoms with van der Waals surface area (Å²) in [4.78, 5) is 17.5. The quantitative estimate of drug-likeness (QED) is 0.387. The average Bonchev–Trinajstić information content (AvgIpc) is 2.85. The molecular weight excluding hydrogens is 442 g/mol. The summed E-state index contributed by atoms with van der Waals surface area (Å²) in [6, 6.07) is 28.7. The normalized spacial score (nSPS) is 14.3. The zero-order valence-corrected chi connectivity index (χ0v) is 20.8. The fraction of sp³-hybridized carbons (Fsp3) is 0.345. The van der Waals surface area contributed by atoms with E-state index in [0.29, 0.717) is 6.54 Å². The van der Waals surface area contributed by atoms with Crippen molar-refractivity contribution < 1.29 is 4.79 Å². The summed E-state index contributed by atoms with van der Waals surface area (Å²) in [5.41, 5.74) is 4.39. The van der Waals surface area contributed by atoms with Crippen molar-refractivity contribution in [2.75, 3.05) is 36.4 Å². The van der Waals surface area contributed by atoms with E-state index in [1.54, 1.807) is 0 Å². The number of nitrogens with one attached hydrogen (secondary N) is 1. The third-order valence-corrected chi connectivity index (χ3v) is 6.55. The van der Waals surface area contributed by atoms with E-state index >= 15 is 0 Å². The molecule has 4 rings (SSSR count). The molecule has 5 heteroatoms. The maximum absolute atomic E-state index is 13.1. The number of benzene rings is 3. The van der Waals surface area contributed by atoms with E-state index < -0.39 is 0 Å². The molecule has 1 heterocycles. The molecule has 0 bridgehead atoms. The lowest BCUT2D eigenvalue weighted by Crippen LogP contribution is -2.39. The lowest BCUT2D eigenvalue weighted by atomic mass is 9.90. The molecule has 1 saturated heterocycles. The predicted molar refractivity (Wildman–Crippen MR) is 145 cm³/mol. The number of nitrogens with zero attached hydrogens (tertiary/aromatic N) is 2. The van der Waals surface area contributed by atoms with Crippen LogP contribution in [0.1, 0.15) is 30.4 Å². The van der Waals surface area contributed by atoms with Gasteiger partial charge in [0.25, 0.3) is 0 Å². The number of para-hydroxylation sites is 1. The van der Waals surface area contributed by atoms with Crippen molar-refractivity contribution in [3.05, 3.63) is 96.1 Å². The van der Waals surface area contributed by atoms with Crippen molar-refractivity contribution in [2.24, 2.45) is 5.92 Å². The summed E-state index contributed by atoms with van der Waals surface area (Å²) in [6.45, 7) is 6.08. The van der Waals surface area contributed by atoms with Crippen LogP contribution >= 0.6 is 12.4 Å². The molecule has 34 heavy (non-hydrogen) atoms. The SMILES string of the molecule is Cc1ccc(NC(=O)N(CCCN2CCC(Cc3ccccc3)CC2)c2ccccc2)cc1.Cl.